The SMILES string of the molecule is COc1ccc(C)c2sc(NC(=O)Cc3cc(C)ccc3C)nc12. The molecule has 24 heavy (non-hydrogen) atoms. The first kappa shape index (κ1) is 16.5. The van der Waals surface area contributed by atoms with Crippen molar-refractivity contribution in [2.75, 3.05) is 12.4 Å². The largest absolute Gasteiger partial charge is 0.494 e. The number of nitrogens with zero attached hydrogens (tertiary/aromatic N) is 1. The summed E-state index contributed by atoms with van der Waals surface area (Å²) >= 11 is 1.48. The fraction of sp³-hybridized carbons (Fsp3) is 0.263. The molecule has 0 fully saturated rings. The number of carbonyl (C=O) groups excluding carboxylic acids is 1. The van der Waals surface area contributed by atoms with E-state index in [1.54, 1.807) is 7.11 Å². The molecule has 1 N–H and O–H groups in total. The van der Waals surface area contributed by atoms with E-state index in [-0.39, 0.29) is 5.91 Å². The smallest absolute Gasteiger partial charge is 0.230 e. The first-order valence-electron chi connectivity index (χ1n) is 7.78. The maximum absolute atomic E-state index is 12.4. The van der Waals surface area contributed by atoms with E-state index in [1.807, 2.05) is 39.0 Å². The summed E-state index contributed by atoms with van der Waals surface area (Å²) in [6.45, 7) is 6.08. The van der Waals surface area contributed by atoms with Gasteiger partial charge in [-0.25, -0.2) is 4.98 Å². The molecule has 3 aromatic rings. The third kappa shape index (κ3) is 3.26. The number of hydrogen-bond donors (Lipinski definition) is 1. The van der Waals surface area contributed by atoms with E-state index >= 15 is 0 Å². The Bertz CT molecular complexity index is 915. The maximum atomic E-state index is 12.4. The van der Waals surface area contributed by atoms with Gasteiger partial charge in [0.2, 0.25) is 5.91 Å². The monoisotopic (exact) mass is 340 g/mol. The molecule has 1 aromatic heterocycles. The lowest BCUT2D eigenvalue weighted by Gasteiger charge is -2.06. The Morgan fingerprint density at radius 3 is 2.67 bits per heavy atom. The zero-order valence-corrected chi connectivity index (χ0v) is 15.1. The van der Waals surface area contributed by atoms with Gasteiger partial charge in [-0.2, -0.15) is 0 Å². The van der Waals surface area contributed by atoms with E-state index in [0.717, 1.165) is 38.2 Å². The first-order valence-corrected chi connectivity index (χ1v) is 8.59. The van der Waals surface area contributed by atoms with E-state index in [1.165, 1.54) is 11.3 Å². The molecule has 0 saturated heterocycles. The average Bonchev–Trinajstić information content (AvgIpc) is 2.96. The van der Waals surface area contributed by atoms with Crippen molar-refractivity contribution in [3.8, 4) is 5.75 Å². The molecule has 0 spiro atoms. The first-order chi connectivity index (χ1) is 11.5. The van der Waals surface area contributed by atoms with Crippen molar-refractivity contribution >= 4 is 32.6 Å². The number of hydrogen-bond acceptors (Lipinski definition) is 4. The number of carbonyl (C=O) groups is 1. The van der Waals surface area contributed by atoms with Crippen molar-refractivity contribution in [2.45, 2.75) is 27.2 Å². The molecule has 0 bridgehead atoms. The van der Waals surface area contributed by atoms with Crippen LogP contribution in [0.4, 0.5) is 5.13 Å². The van der Waals surface area contributed by atoms with Crippen LogP contribution in [-0.2, 0) is 11.2 Å². The molecule has 1 amide bonds. The summed E-state index contributed by atoms with van der Waals surface area (Å²) in [6.07, 6.45) is 0.347. The number of aromatic nitrogens is 1. The maximum Gasteiger partial charge on any atom is 0.230 e. The van der Waals surface area contributed by atoms with Crippen molar-refractivity contribution in [3.05, 3.63) is 52.6 Å². The second-order valence-electron chi connectivity index (χ2n) is 5.94. The number of rotatable bonds is 4. The number of anilines is 1. The van der Waals surface area contributed by atoms with Gasteiger partial charge in [0.05, 0.1) is 18.2 Å². The molecule has 124 valence electrons. The van der Waals surface area contributed by atoms with Crippen molar-refractivity contribution in [1.29, 1.82) is 0 Å². The highest BCUT2D eigenvalue weighted by Crippen LogP contribution is 2.34. The van der Waals surface area contributed by atoms with Gasteiger partial charge in [-0.1, -0.05) is 41.2 Å². The number of amides is 1. The van der Waals surface area contributed by atoms with Gasteiger partial charge in [0.25, 0.3) is 0 Å². The van der Waals surface area contributed by atoms with Crippen LogP contribution in [0.2, 0.25) is 0 Å². The van der Waals surface area contributed by atoms with Crippen LogP contribution in [-0.4, -0.2) is 18.0 Å². The summed E-state index contributed by atoms with van der Waals surface area (Å²) in [4.78, 5) is 16.9. The summed E-state index contributed by atoms with van der Waals surface area (Å²) < 4.78 is 6.40. The number of nitrogens with one attached hydrogen (secondary N) is 1. The quantitative estimate of drug-likeness (QED) is 0.765. The molecule has 3 rings (SSSR count). The van der Waals surface area contributed by atoms with Crippen LogP contribution in [0.25, 0.3) is 10.2 Å². The van der Waals surface area contributed by atoms with Crippen molar-refractivity contribution in [2.24, 2.45) is 0 Å². The summed E-state index contributed by atoms with van der Waals surface area (Å²) in [5.74, 6) is 0.668. The van der Waals surface area contributed by atoms with Gasteiger partial charge < -0.3 is 10.1 Å². The molecule has 0 radical (unpaired) electrons. The van der Waals surface area contributed by atoms with E-state index in [2.05, 4.69) is 22.4 Å². The molecule has 5 heteroatoms. The summed E-state index contributed by atoms with van der Waals surface area (Å²) in [7, 11) is 1.63. The second kappa shape index (κ2) is 6.61. The Hall–Kier alpha value is -2.40. The Kier molecular flexibility index (Phi) is 4.53. The normalized spacial score (nSPS) is 10.8. The van der Waals surface area contributed by atoms with Gasteiger partial charge in [-0.3, -0.25) is 4.79 Å². The highest BCUT2D eigenvalue weighted by molar-refractivity contribution is 7.22. The molecular weight excluding hydrogens is 320 g/mol. The lowest BCUT2D eigenvalue weighted by molar-refractivity contribution is -0.115. The van der Waals surface area contributed by atoms with E-state index in [9.17, 15) is 4.79 Å². The minimum absolute atomic E-state index is 0.0561. The fourth-order valence-corrected chi connectivity index (χ4v) is 3.62. The lowest BCUT2D eigenvalue weighted by atomic mass is 10.0. The molecule has 0 saturated carbocycles. The molecular formula is C19H20N2O2S. The highest BCUT2D eigenvalue weighted by Gasteiger charge is 2.14. The van der Waals surface area contributed by atoms with Gasteiger partial charge in [-0.15, -0.1) is 0 Å². The Morgan fingerprint density at radius 2 is 1.92 bits per heavy atom. The van der Waals surface area contributed by atoms with E-state index in [0.29, 0.717) is 11.6 Å². The summed E-state index contributed by atoms with van der Waals surface area (Å²) in [5.41, 5.74) is 5.24. The molecule has 2 aromatic carbocycles. The van der Waals surface area contributed by atoms with Crippen molar-refractivity contribution in [1.82, 2.24) is 4.98 Å². The zero-order valence-electron chi connectivity index (χ0n) is 14.3. The molecule has 0 atom stereocenters. The minimum Gasteiger partial charge on any atom is -0.494 e. The van der Waals surface area contributed by atoms with Gasteiger partial charge in [0.1, 0.15) is 11.3 Å². The van der Waals surface area contributed by atoms with E-state index in [4.69, 9.17) is 4.74 Å². The van der Waals surface area contributed by atoms with Crippen LogP contribution in [0.5, 0.6) is 5.75 Å². The minimum atomic E-state index is -0.0561. The predicted octanol–water partition coefficient (Wildman–Crippen LogP) is 4.41. The van der Waals surface area contributed by atoms with Crippen LogP contribution in [0.15, 0.2) is 30.3 Å². The average molecular weight is 340 g/mol. The van der Waals surface area contributed by atoms with E-state index < -0.39 is 0 Å². The Morgan fingerprint density at radius 1 is 1.17 bits per heavy atom. The molecule has 0 aliphatic rings. The van der Waals surface area contributed by atoms with Gasteiger partial charge >= 0.3 is 0 Å². The van der Waals surface area contributed by atoms with Gasteiger partial charge in [-0.05, 0) is 43.5 Å². The van der Waals surface area contributed by atoms with Crippen LogP contribution in [0.1, 0.15) is 22.3 Å². The molecule has 0 unspecified atom stereocenters. The summed E-state index contributed by atoms with van der Waals surface area (Å²) in [5, 5.41) is 3.52. The molecule has 0 aliphatic heterocycles. The number of fused-ring (bicyclic) bond motifs is 1. The Labute approximate surface area is 145 Å². The summed E-state index contributed by atoms with van der Waals surface area (Å²) in [6, 6.07) is 10.1. The van der Waals surface area contributed by atoms with Crippen LogP contribution < -0.4 is 10.1 Å². The predicted molar refractivity (Wildman–Crippen MR) is 99.2 cm³/mol. The molecule has 0 aliphatic carbocycles. The number of methoxy groups -OCH3 is 1. The number of thiazole rings is 1. The molecule has 4 nitrogen and oxygen atoms in total. The van der Waals surface area contributed by atoms with Crippen molar-refractivity contribution in [3.63, 3.8) is 0 Å². The van der Waals surface area contributed by atoms with Crippen LogP contribution >= 0.6 is 11.3 Å². The number of benzene rings is 2. The number of ether oxygens (including phenoxy) is 1. The molecule has 1 heterocycles. The third-order valence-electron chi connectivity index (χ3n) is 4.03. The van der Waals surface area contributed by atoms with Gasteiger partial charge in [0, 0.05) is 0 Å². The second-order valence-corrected chi connectivity index (χ2v) is 6.94. The van der Waals surface area contributed by atoms with Crippen LogP contribution in [0.3, 0.4) is 0 Å². The Balaban J connectivity index is 1.83. The standard InChI is InChI=1S/C19H20N2O2S/c1-11-5-6-12(2)14(9-11)10-16(22)20-19-21-17-15(23-4)8-7-13(3)18(17)24-19/h5-9H,10H2,1-4H3,(H,20,21,22). The fourth-order valence-electron chi connectivity index (χ4n) is 2.66. The number of aryl methyl sites for hydroxylation is 3. The lowest BCUT2D eigenvalue weighted by Crippen LogP contribution is -2.14. The zero-order chi connectivity index (χ0) is 17.3. The third-order valence-corrected chi connectivity index (χ3v) is 5.13. The highest BCUT2D eigenvalue weighted by atomic mass is 32.1. The van der Waals surface area contributed by atoms with Gasteiger partial charge in [0.15, 0.2) is 5.13 Å². The topological polar surface area (TPSA) is 51.2 Å². The van der Waals surface area contributed by atoms with Crippen molar-refractivity contribution < 1.29 is 9.53 Å². The van der Waals surface area contributed by atoms with Crippen LogP contribution in [0, 0.1) is 20.8 Å².